The number of aryl methyl sites for hydroxylation is 1. The van der Waals surface area contributed by atoms with Crippen molar-refractivity contribution in [2.75, 3.05) is 12.4 Å². The van der Waals surface area contributed by atoms with Crippen LogP contribution in [0.1, 0.15) is 25.0 Å². The predicted molar refractivity (Wildman–Crippen MR) is 77.0 cm³/mol. The molecule has 0 amide bonds. The third kappa shape index (κ3) is 5.40. The highest BCUT2D eigenvalue weighted by Crippen LogP contribution is 2.22. The first kappa shape index (κ1) is 15.5. The average Bonchev–Trinajstić information content (AvgIpc) is 2.34. The third-order valence-corrected chi connectivity index (χ3v) is 3.81. The summed E-state index contributed by atoms with van der Waals surface area (Å²) in [5, 5.41) is 21.5. The predicted octanol–water partition coefficient (Wildman–Crippen LogP) is 1.94. The van der Waals surface area contributed by atoms with Gasteiger partial charge >= 0.3 is 0 Å². The second-order valence-corrected chi connectivity index (χ2v) is 5.86. The van der Waals surface area contributed by atoms with Gasteiger partial charge in [0.05, 0.1) is 12.7 Å². The van der Waals surface area contributed by atoms with Crippen LogP contribution in [0.3, 0.4) is 0 Å². The van der Waals surface area contributed by atoms with Crippen molar-refractivity contribution in [3.8, 4) is 0 Å². The third-order valence-electron chi connectivity index (χ3n) is 2.67. The van der Waals surface area contributed by atoms with Gasteiger partial charge in [0.2, 0.25) is 0 Å². The van der Waals surface area contributed by atoms with E-state index in [1.165, 1.54) is 11.1 Å². The molecule has 0 saturated carbocycles. The van der Waals surface area contributed by atoms with Gasteiger partial charge in [-0.05, 0) is 30.2 Å². The highest BCUT2D eigenvalue weighted by atomic mass is 32.2. The number of thioether (sulfide) groups is 1. The number of hydrogen-bond donors (Lipinski definition) is 3. The van der Waals surface area contributed by atoms with Crippen LogP contribution in [-0.4, -0.2) is 34.7 Å². The van der Waals surface area contributed by atoms with Gasteiger partial charge in [-0.2, -0.15) is 0 Å². The zero-order valence-corrected chi connectivity index (χ0v) is 12.1. The summed E-state index contributed by atoms with van der Waals surface area (Å²) >= 11 is 1.57. The smallest absolute Gasteiger partial charge is 0.0864 e. The second-order valence-electron chi connectivity index (χ2n) is 4.77. The van der Waals surface area contributed by atoms with Gasteiger partial charge in [-0.15, -0.1) is 11.8 Å². The summed E-state index contributed by atoms with van der Waals surface area (Å²) in [5.41, 5.74) is 2.56. The van der Waals surface area contributed by atoms with E-state index < -0.39 is 6.10 Å². The fourth-order valence-electron chi connectivity index (χ4n) is 1.52. The molecule has 0 fully saturated rings. The minimum atomic E-state index is -0.641. The Hall–Kier alpha value is -0.550. The minimum absolute atomic E-state index is 0.178. The lowest BCUT2D eigenvalue weighted by Gasteiger charge is -2.12. The van der Waals surface area contributed by atoms with Crippen LogP contribution in [0.5, 0.6) is 0 Å². The molecule has 102 valence electrons. The molecule has 1 atom stereocenters. The van der Waals surface area contributed by atoms with Gasteiger partial charge in [0, 0.05) is 23.2 Å². The van der Waals surface area contributed by atoms with E-state index in [9.17, 15) is 5.11 Å². The summed E-state index contributed by atoms with van der Waals surface area (Å²) in [6, 6.07) is 6.81. The zero-order chi connectivity index (χ0) is 13.5. The molecular weight excluding hydrogens is 246 g/mol. The Bertz CT molecular complexity index is 369. The monoisotopic (exact) mass is 269 g/mol. The lowest BCUT2D eigenvalue weighted by Crippen LogP contribution is -2.22. The fourth-order valence-corrected chi connectivity index (χ4v) is 2.43. The van der Waals surface area contributed by atoms with E-state index >= 15 is 0 Å². The van der Waals surface area contributed by atoms with E-state index in [4.69, 9.17) is 5.11 Å². The van der Waals surface area contributed by atoms with Crippen LogP contribution in [0.2, 0.25) is 0 Å². The largest absolute Gasteiger partial charge is 0.394 e. The van der Waals surface area contributed by atoms with E-state index in [1.54, 1.807) is 11.8 Å². The molecule has 3 nitrogen and oxygen atoms in total. The number of benzene rings is 1. The minimum Gasteiger partial charge on any atom is -0.394 e. The van der Waals surface area contributed by atoms with Crippen LogP contribution in [0, 0.1) is 6.92 Å². The van der Waals surface area contributed by atoms with Crippen molar-refractivity contribution in [3.05, 3.63) is 29.3 Å². The maximum atomic E-state index is 9.31. The van der Waals surface area contributed by atoms with Crippen molar-refractivity contribution in [3.63, 3.8) is 0 Å². The summed E-state index contributed by atoms with van der Waals surface area (Å²) in [4.78, 5) is 1.13. The van der Waals surface area contributed by atoms with Gasteiger partial charge in [-0.25, -0.2) is 0 Å². The van der Waals surface area contributed by atoms with Crippen molar-refractivity contribution < 1.29 is 10.2 Å². The highest BCUT2D eigenvalue weighted by molar-refractivity contribution is 7.99. The summed E-state index contributed by atoms with van der Waals surface area (Å²) < 4.78 is 0. The number of rotatable bonds is 7. The molecule has 18 heavy (non-hydrogen) atoms. The SMILES string of the molecule is Cc1cc(SCC(O)CO)ccc1CNC(C)C. The Morgan fingerprint density at radius 3 is 2.61 bits per heavy atom. The van der Waals surface area contributed by atoms with Crippen LogP contribution < -0.4 is 5.32 Å². The van der Waals surface area contributed by atoms with Gasteiger partial charge in [0.1, 0.15) is 0 Å². The first-order valence-corrected chi connectivity index (χ1v) is 7.26. The van der Waals surface area contributed by atoms with Gasteiger partial charge in [0.15, 0.2) is 0 Å². The van der Waals surface area contributed by atoms with Crippen molar-refractivity contribution in [1.29, 1.82) is 0 Å². The van der Waals surface area contributed by atoms with Crippen LogP contribution in [0.4, 0.5) is 0 Å². The van der Waals surface area contributed by atoms with Crippen LogP contribution in [0.15, 0.2) is 23.1 Å². The first-order chi connectivity index (χ1) is 8.52. The van der Waals surface area contributed by atoms with Gasteiger partial charge in [-0.1, -0.05) is 19.9 Å². The number of hydrogen-bond acceptors (Lipinski definition) is 4. The maximum absolute atomic E-state index is 9.31. The van der Waals surface area contributed by atoms with Crippen molar-refractivity contribution >= 4 is 11.8 Å². The number of aliphatic hydroxyl groups excluding tert-OH is 2. The molecule has 1 aromatic rings. The zero-order valence-electron chi connectivity index (χ0n) is 11.3. The summed E-state index contributed by atoms with van der Waals surface area (Å²) in [5.74, 6) is 0.527. The quantitative estimate of drug-likeness (QED) is 0.662. The summed E-state index contributed by atoms with van der Waals surface area (Å²) in [6.45, 7) is 7.08. The molecule has 4 heteroatoms. The Morgan fingerprint density at radius 2 is 2.06 bits per heavy atom. The van der Waals surface area contributed by atoms with Gasteiger partial charge in [0.25, 0.3) is 0 Å². The van der Waals surface area contributed by atoms with Gasteiger partial charge in [-0.3, -0.25) is 0 Å². The van der Waals surface area contributed by atoms with Crippen LogP contribution >= 0.6 is 11.8 Å². The molecule has 0 saturated heterocycles. The van der Waals surface area contributed by atoms with E-state index in [1.807, 2.05) is 0 Å². The Kier molecular flexibility index (Phi) is 6.71. The number of nitrogens with one attached hydrogen (secondary N) is 1. The molecule has 0 heterocycles. The topological polar surface area (TPSA) is 52.5 Å². The van der Waals surface area contributed by atoms with Crippen molar-refractivity contribution in [2.45, 2.75) is 44.4 Å². The molecule has 0 aliphatic rings. The van der Waals surface area contributed by atoms with E-state index in [0.29, 0.717) is 11.8 Å². The van der Waals surface area contributed by atoms with Gasteiger partial charge < -0.3 is 15.5 Å². The molecule has 3 N–H and O–H groups in total. The highest BCUT2D eigenvalue weighted by Gasteiger charge is 2.05. The Labute approximate surface area is 114 Å². The van der Waals surface area contributed by atoms with Crippen molar-refractivity contribution in [1.82, 2.24) is 5.32 Å². The lowest BCUT2D eigenvalue weighted by atomic mass is 10.1. The molecule has 1 aromatic carbocycles. The fraction of sp³-hybridized carbons (Fsp3) is 0.571. The molecule has 0 aromatic heterocycles. The lowest BCUT2D eigenvalue weighted by molar-refractivity contribution is 0.113. The molecule has 1 rings (SSSR count). The summed E-state index contributed by atoms with van der Waals surface area (Å²) in [6.07, 6.45) is -0.641. The van der Waals surface area contributed by atoms with E-state index in [0.717, 1.165) is 11.4 Å². The Morgan fingerprint density at radius 1 is 1.33 bits per heavy atom. The normalized spacial score (nSPS) is 13.0. The molecule has 0 aliphatic carbocycles. The number of aliphatic hydroxyl groups is 2. The standard InChI is InChI=1S/C14H23NO2S/c1-10(2)15-7-12-4-5-14(6-11(12)3)18-9-13(17)8-16/h4-6,10,13,15-17H,7-9H2,1-3H3. The molecule has 0 bridgehead atoms. The van der Waals surface area contributed by atoms with Crippen LogP contribution in [-0.2, 0) is 6.54 Å². The second kappa shape index (κ2) is 7.79. The molecule has 0 aliphatic heterocycles. The van der Waals surface area contributed by atoms with Crippen LogP contribution in [0.25, 0.3) is 0 Å². The Balaban J connectivity index is 2.56. The molecule has 0 spiro atoms. The average molecular weight is 269 g/mol. The molecule has 0 radical (unpaired) electrons. The maximum Gasteiger partial charge on any atom is 0.0864 e. The van der Waals surface area contributed by atoms with E-state index in [2.05, 4.69) is 44.3 Å². The molecular formula is C14H23NO2S. The summed E-state index contributed by atoms with van der Waals surface area (Å²) in [7, 11) is 0. The van der Waals surface area contributed by atoms with Crippen molar-refractivity contribution in [2.24, 2.45) is 0 Å². The van der Waals surface area contributed by atoms with E-state index in [-0.39, 0.29) is 6.61 Å². The first-order valence-electron chi connectivity index (χ1n) is 6.27. The molecule has 1 unspecified atom stereocenters.